The highest BCUT2D eigenvalue weighted by Gasteiger charge is 2.38. The van der Waals surface area contributed by atoms with E-state index in [0.717, 1.165) is 0 Å². The van der Waals surface area contributed by atoms with Crippen LogP contribution in [0.2, 0.25) is 0 Å². The molecule has 34 heavy (non-hydrogen) atoms. The van der Waals surface area contributed by atoms with Gasteiger partial charge in [0.05, 0.1) is 30.3 Å². The normalized spacial score (nSPS) is 15.1. The zero-order chi connectivity index (χ0) is 25.6. The van der Waals surface area contributed by atoms with Crippen LogP contribution in [0.1, 0.15) is 72.4 Å². The van der Waals surface area contributed by atoms with Gasteiger partial charge < -0.3 is 19.5 Å². The lowest BCUT2D eigenvalue weighted by molar-refractivity contribution is -0.149. The van der Waals surface area contributed by atoms with Crippen molar-refractivity contribution in [2.45, 2.75) is 66.9 Å². The van der Waals surface area contributed by atoms with Crippen molar-refractivity contribution in [3.05, 3.63) is 63.5 Å². The molecular weight excluding hydrogens is 434 g/mol. The molecule has 0 saturated carbocycles. The fraction of sp³-hybridized carbons (Fsp3) is 0.444. The molecule has 0 spiro atoms. The molecule has 0 atom stereocenters. The van der Waals surface area contributed by atoms with Crippen LogP contribution in [0.3, 0.4) is 0 Å². The summed E-state index contributed by atoms with van der Waals surface area (Å²) in [5, 5.41) is 3.13. The fourth-order valence-corrected chi connectivity index (χ4v) is 3.82. The zero-order valence-corrected chi connectivity index (χ0v) is 21.3. The molecule has 1 heterocycles. The average Bonchev–Trinajstić information content (AvgIpc) is 2.72. The summed E-state index contributed by atoms with van der Waals surface area (Å²) < 4.78 is 16.2. The van der Waals surface area contributed by atoms with E-state index < -0.39 is 29.4 Å². The Kier molecular flexibility index (Phi) is 8.85. The van der Waals surface area contributed by atoms with E-state index >= 15 is 0 Å². The van der Waals surface area contributed by atoms with Crippen LogP contribution in [0.15, 0.2) is 52.4 Å². The molecule has 7 nitrogen and oxygen atoms in total. The van der Waals surface area contributed by atoms with E-state index in [1.165, 1.54) is 0 Å². The Balaban J connectivity index is 2.71. The van der Waals surface area contributed by atoms with Gasteiger partial charge >= 0.3 is 17.9 Å². The van der Waals surface area contributed by atoms with E-state index in [0.29, 0.717) is 39.2 Å². The summed E-state index contributed by atoms with van der Waals surface area (Å²) in [6.07, 6.45) is 1.71. The van der Waals surface area contributed by atoms with Crippen LogP contribution in [0.4, 0.5) is 0 Å². The molecule has 184 valence electrons. The van der Waals surface area contributed by atoms with Crippen molar-refractivity contribution in [3.8, 4) is 0 Å². The zero-order valence-electron chi connectivity index (χ0n) is 21.3. The number of nitrogens with one attached hydrogen (secondary N) is 1. The maximum atomic E-state index is 13.0. The maximum absolute atomic E-state index is 13.0. The largest absolute Gasteiger partial charge is 0.463 e. The summed E-state index contributed by atoms with van der Waals surface area (Å²) in [7, 11) is 0. The van der Waals surface area contributed by atoms with Crippen molar-refractivity contribution >= 4 is 24.0 Å². The molecule has 0 aliphatic carbocycles. The minimum Gasteiger partial charge on any atom is -0.463 e. The lowest BCUT2D eigenvalue weighted by atomic mass is 9.78. The minimum absolute atomic E-state index is 0.194. The van der Waals surface area contributed by atoms with Gasteiger partial charge in [0.1, 0.15) is 5.60 Å². The molecule has 0 saturated heterocycles. The Bertz CT molecular complexity index is 1020. The average molecular weight is 470 g/mol. The molecule has 1 aliphatic heterocycles. The van der Waals surface area contributed by atoms with Crippen molar-refractivity contribution in [2.75, 3.05) is 13.2 Å². The third-order valence-electron chi connectivity index (χ3n) is 5.15. The topological polar surface area (TPSA) is 90.9 Å². The van der Waals surface area contributed by atoms with Gasteiger partial charge in [0.2, 0.25) is 0 Å². The Labute approximate surface area is 201 Å². The molecule has 1 aromatic carbocycles. The first-order valence-corrected chi connectivity index (χ1v) is 11.4. The highest BCUT2D eigenvalue weighted by Crippen LogP contribution is 2.41. The summed E-state index contributed by atoms with van der Waals surface area (Å²) in [5.74, 6) is -2.22. The van der Waals surface area contributed by atoms with Crippen molar-refractivity contribution in [1.29, 1.82) is 0 Å². The summed E-state index contributed by atoms with van der Waals surface area (Å²) in [6, 6.07) is 7.33. The number of benzene rings is 1. The van der Waals surface area contributed by atoms with Crippen LogP contribution in [0.5, 0.6) is 0 Å². The Morgan fingerprint density at radius 3 is 1.91 bits per heavy atom. The molecule has 0 bridgehead atoms. The second-order valence-corrected chi connectivity index (χ2v) is 9.03. The molecule has 7 heteroatoms. The van der Waals surface area contributed by atoms with E-state index in [1.807, 2.05) is 24.3 Å². The van der Waals surface area contributed by atoms with Crippen LogP contribution in [-0.4, -0.2) is 36.7 Å². The number of dihydropyridines is 1. The number of allylic oxidation sites excluding steroid dienone is 2. The van der Waals surface area contributed by atoms with Crippen LogP contribution in [0, 0.1) is 0 Å². The molecule has 2 rings (SSSR count). The van der Waals surface area contributed by atoms with Gasteiger partial charge in [-0.15, -0.1) is 0 Å². The molecular formula is C27H35NO6. The van der Waals surface area contributed by atoms with Crippen LogP contribution in [-0.2, 0) is 28.6 Å². The number of ether oxygens (including phenoxy) is 3. The van der Waals surface area contributed by atoms with Crippen molar-refractivity contribution in [3.63, 3.8) is 0 Å². The van der Waals surface area contributed by atoms with Crippen molar-refractivity contribution in [2.24, 2.45) is 0 Å². The quantitative estimate of drug-likeness (QED) is 0.349. The SMILES string of the molecule is CCOC(=O)C1=C(C)NC(C)=C(C(=O)OCC)C1c1ccccc1/C=C(\C)C(=O)OC(C)(C)C. The molecule has 0 aromatic heterocycles. The predicted octanol–water partition coefficient (Wildman–Crippen LogP) is 4.79. The molecule has 1 aliphatic rings. The van der Waals surface area contributed by atoms with E-state index in [9.17, 15) is 14.4 Å². The smallest absolute Gasteiger partial charge is 0.336 e. The van der Waals surface area contributed by atoms with Gasteiger partial charge in [0, 0.05) is 17.0 Å². The van der Waals surface area contributed by atoms with Crippen LogP contribution >= 0.6 is 0 Å². The monoisotopic (exact) mass is 469 g/mol. The molecule has 0 unspecified atom stereocenters. The van der Waals surface area contributed by atoms with E-state index in [-0.39, 0.29) is 13.2 Å². The molecule has 0 radical (unpaired) electrons. The molecule has 1 aromatic rings. The molecule has 0 fully saturated rings. The second kappa shape index (κ2) is 11.2. The number of carbonyl (C=O) groups is 3. The van der Waals surface area contributed by atoms with Crippen molar-refractivity contribution in [1.82, 2.24) is 5.32 Å². The highest BCUT2D eigenvalue weighted by molar-refractivity contribution is 6.00. The Hall–Kier alpha value is -3.35. The van der Waals surface area contributed by atoms with Gasteiger partial charge in [-0.1, -0.05) is 24.3 Å². The summed E-state index contributed by atoms with van der Waals surface area (Å²) >= 11 is 0. The Morgan fingerprint density at radius 1 is 0.941 bits per heavy atom. The van der Waals surface area contributed by atoms with Crippen LogP contribution in [0.25, 0.3) is 6.08 Å². The van der Waals surface area contributed by atoms with E-state index in [1.54, 1.807) is 61.5 Å². The van der Waals surface area contributed by atoms with E-state index in [2.05, 4.69) is 5.32 Å². The minimum atomic E-state index is -0.738. The third kappa shape index (κ3) is 6.37. The molecule has 1 N–H and O–H groups in total. The summed E-state index contributed by atoms with van der Waals surface area (Å²) in [6.45, 7) is 14.5. The lowest BCUT2D eigenvalue weighted by Gasteiger charge is -2.31. The number of esters is 3. The van der Waals surface area contributed by atoms with E-state index in [4.69, 9.17) is 14.2 Å². The fourth-order valence-electron chi connectivity index (χ4n) is 3.82. The van der Waals surface area contributed by atoms with Crippen LogP contribution < -0.4 is 5.32 Å². The highest BCUT2D eigenvalue weighted by atomic mass is 16.6. The number of carbonyl (C=O) groups excluding carboxylic acids is 3. The summed E-state index contributed by atoms with van der Waals surface area (Å²) in [4.78, 5) is 38.7. The number of hydrogen-bond acceptors (Lipinski definition) is 7. The molecule has 0 amide bonds. The number of rotatable bonds is 7. The predicted molar refractivity (Wildman–Crippen MR) is 130 cm³/mol. The Morgan fingerprint density at radius 2 is 1.44 bits per heavy atom. The lowest BCUT2D eigenvalue weighted by Crippen LogP contribution is -2.32. The number of hydrogen-bond donors (Lipinski definition) is 1. The van der Waals surface area contributed by atoms with Gasteiger partial charge in [-0.3, -0.25) is 0 Å². The van der Waals surface area contributed by atoms with Gasteiger partial charge in [-0.05, 0) is 72.6 Å². The van der Waals surface area contributed by atoms with Crippen molar-refractivity contribution < 1.29 is 28.6 Å². The maximum Gasteiger partial charge on any atom is 0.336 e. The first kappa shape index (κ1) is 26.9. The second-order valence-electron chi connectivity index (χ2n) is 9.03. The first-order valence-electron chi connectivity index (χ1n) is 11.4. The first-order chi connectivity index (χ1) is 15.9. The van der Waals surface area contributed by atoms with Gasteiger partial charge in [-0.2, -0.15) is 0 Å². The summed E-state index contributed by atoms with van der Waals surface area (Å²) in [5.41, 5.74) is 2.96. The van der Waals surface area contributed by atoms with Gasteiger partial charge in [0.25, 0.3) is 0 Å². The van der Waals surface area contributed by atoms with Gasteiger partial charge in [-0.25, -0.2) is 14.4 Å². The standard InChI is InChI=1S/C27H35NO6/c1-9-32-25(30)21-17(4)28-18(5)22(26(31)33-10-2)23(21)20-14-12-11-13-19(20)15-16(3)24(29)34-27(6,7)8/h11-15,23,28H,9-10H2,1-8H3/b16-15+. The third-order valence-corrected chi connectivity index (χ3v) is 5.15. The van der Waals surface area contributed by atoms with Gasteiger partial charge in [0.15, 0.2) is 0 Å².